The molecule has 0 unspecified atom stereocenters. The molecular formula is C14H17BrO4. The Balaban J connectivity index is 2.03. The number of hydrogen-bond acceptors (Lipinski definition) is 4. The molecule has 1 aliphatic carbocycles. The van der Waals surface area contributed by atoms with Crippen LogP contribution >= 0.6 is 15.9 Å². The Bertz CT molecular complexity index is 453. The Morgan fingerprint density at radius 3 is 2.58 bits per heavy atom. The van der Waals surface area contributed by atoms with Crippen LogP contribution in [-0.2, 0) is 4.74 Å². The van der Waals surface area contributed by atoms with E-state index >= 15 is 0 Å². The lowest BCUT2D eigenvalue weighted by Crippen LogP contribution is -2.26. The van der Waals surface area contributed by atoms with E-state index in [0.717, 1.165) is 30.2 Å². The van der Waals surface area contributed by atoms with Crippen molar-refractivity contribution in [3.63, 3.8) is 0 Å². The summed E-state index contributed by atoms with van der Waals surface area (Å²) in [6, 6.07) is 5.14. The van der Waals surface area contributed by atoms with Gasteiger partial charge in [-0.05, 0) is 59.8 Å². The van der Waals surface area contributed by atoms with E-state index in [1.54, 1.807) is 18.2 Å². The van der Waals surface area contributed by atoms with Gasteiger partial charge in [0.15, 0.2) is 0 Å². The molecule has 5 heteroatoms. The number of benzene rings is 1. The Morgan fingerprint density at radius 2 is 2.00 bits per heavy atom. The van der Waals surface area contributed by atoms with Crippen molar-refractivity contribution in [3.05, 3.63) is 28.2 Å². The van der Waals surface area contributed by atoms with Gasteiger partial charge in [0.25, 0.3) is 0 Å². The third-order valence-electron chi connectivity index (χ3n) is 3.29. The van der Waals surface area contributed by atoms with Gasteiger partial charge in [-0.1, -0.05) is 0 Å². The van der Waals surface area contributed by atoms with Crippen LogP contribution in [0.2, 0.25) is 0 Å². The van der Waals surface area contributed by atoms with Crippen molar-refractivity contribution in [1.29, 1.82) is 0 Å². The number of methoxy groups -OCH3 is 1. The molecular weight excluding hydrogens is 312 g/mol. The van der Waals surface area contributed by atoms with Gasteiger partial charge in [-0.3, -0.25) is 0 Å². The minimum absolute atomic E-state index is 0.128. The number of rotatable bonds is 3. The molecule has 104 valence electrons. The van der Waals surface area contributed by atoms with E-state index in [1.165, 1.54) is 7.11 Å². The molecule has 0 aliphatic heterocycles. The fraction of sp³-hybridized carbons (Fsp3) is 0.500. The second-order valence-corrected chi connectivity index (χ2v) is 5.54. The third kappa shape index (κ3) is 3.70. The smallest absolute Gasteiger partial charge is 0.337 e. The fourth-order valence-electron chi connectivity index (χ4n) is 2.18. The maximum atomic E-state index is 11.4. The Labute approximate surface area is 120 Å². The van der Waals surface area contributed by atoms with Crippen molar-refractivity contribution in [3.8, 4) is 5.75 Å². The molecule has 0 atom stereocenters. The number of aliphatic hydroxyl groups excluding tert-OH is 1. The second kappa shape index (κ2) is 6.39. The van der Waals surface area contributed by atoms with Crippen LogP contribution in [0.25, 0.3) is 0 Å². The van der Waals surface area contributed by atoms with Crippen molar-refractivity contribution in [2.75, 3.05) is 7.11 Å². The van der Waals surface area contributed by atoms with Gasteiger partial charge < -0.3 is 14.6 Å². The first-order chi connectivity index (χ1) is 9.10. The van der Waals surface area contributed by atoms with Crippen LogP contribution in [0.1, 0.15) is 36.0 Å². The van der Waals surface area contributed by atoms with Crippen LogP contribution in [0.4, 0.5) is 0 Å². The van der Waals surface area contributed by atoms with Crippen molar-refractivity contribution >= 4 is 21.9 Å². The molecule has 1 aliphatic rings. The first-order valence-corrected chi connectivity index (χ1v) is 7.12. The van der Waals surface area contributed by atoms with Gasteiger partial charge >= 0.3 is 5.97 Å². The first-order valence-electron chi connectivity index (χ1n) is 6.32. The molecule has 1 fully saturated rings. The average Bonchev–Trinajstić information content (AvgIpc) is 2.42. The van der Waals surface area contributed by atoms with Gasteiger partial charge in [0.2, 0.25) is 0 Å². The lowest BCUT2D eigenvalue weighted by molar-refractivity contribution is 0.0598. The van der Waals surface area contributed by atoms with Crippen molar-refractivity contribution in [1.82, 2.24) is 0 Å². The van der Waals surface area contributed by atoms with Crippen LogP contribution < -0.4 is 4.74 Å². The van der Waals surface area contributed by atoms with Crippen LogP contribution in [-0.4, -0.2) is 30.4 Å². The van der Waals surface area contributed by atoms with Crippen molar-refractivity contribution in [2.45, 2.75) is 37.9 Å². The van der Waals surface area contributed by atoms with Gasteiger partial charge in [0.1, 0.15) is 5.75 Å². The molecule has 0 spiro atoms. The Morgan fingerprint density at radius 1 is 1.32 bits per heavy atom. The average molecular weight is 329 g/mol. The van der Waals surface area contributed by atoms with E-state index in [-0.39, 0.29) is 18.2 Å². The zero-order valence-electron chi connectivity index (χ0n) is 10.8. The van der Waals surface area contributed by atoms with E-state index < -0.39 is 0 Å². The SMILES string of the molecule is COC(=O)c1ccc(OC2CCC(O)CC2)c(Br)c1. The molecule has 0 amide bonds. The van der Waals surface area contributed by atoms with E-state index in [9.17, 15) is 9.90 Å². The van der Waals surface area contributed by atoms with Crippen molar-refractivity contribution < 1.29 is 19.4 Å². The number of halogens is 1. The van der Waals surface area contributed by atoms with Gasteiger partial charge in [-0.25, -0.2) is 4.79 Å². The molecule has 0 radical (unpaired) electrons. The highest BCUT2D eigenvalue weighted by atomic mass is 79.9. The summed E-state index contributed by atoms with van der Waals surface area (Å²) in [5, 5.41) is 9.46. The largest absolute Gasteiger partial charge is 0.489 e. The summed E-state index contributed by atoms with van der Waals surface area (Å²) in [7, 11) is 1.36. The maximum absolute atomic E-state index is 11.4. The summed E-state index contributed by atoms with van der Waals surface area (Å²) >= 11 is 3.40. The first kappa shape index (κ1) is 14.3. The molecule has 0 aromatic heterocycles. The summed E-state index contributed by atoms with van der Waals surface area (Å²) in [4.78, 5) is 11.4. The lowest BCUT2D eigenvalue weighted by Gasteiger charge is -2.26. The van der Waals surface area contributed by atoms with Gasteiger partial charge in [-0.15, -0.1) is 0 Å². The number of carbonyl (C=O) groups excluding carboxylic acids is 1. The highest BCUT2D eigenvalue weighted by Crippen LogP contribution is 2.30. The van der Waals surface area contributed by atoms with Gasteiger partial charge in [-0.2, -0.15) is 0 Å². The predicted molar refractivity (Wildman–Crippen MR) is 74.4 cm³/mol. The van der Waals surface area contributed by atoms with E-state index in [4.69, 9.17) is 4.74 Å². The molecule has 1 aromatic rings. The van der Waals surface area contributed by atoms with Crippen LogP contribution in [0, 0.1) is 0 Å². The van der Waals surface area contributed by atoms with Crippen LogP contribution in [0.15, 0.2) is 22.7 Å². The number of carbonyl (C=O) groups is 1. The summed E-state index contributed by atoms with van der Waals surface area (Å²) < 4.78 is 11.3. The fourth-order valence-corrected chi connectivity index (χ4v) is 2.66. The molecule has 0 bridgehead atoms. The summed E-state index contributed by atoms with van der Waals surface area (Å²) in [6.45, 7) is 0. The normalized spacial score (nSPS) is 22.9. The minimum Gasteiger partial charge on any atom is -0.489 e. The summed E-state index contributed by atoms with van der Waals surface area (Å²) in [6.07, 6.45) is 3.21. The van der Waals surface area contributed by atoms with E-state index in [1.807, 2.05) is 0 Å². The molecule has 4 nitrogen and oxygen atoms in total. The van der Waals surface area contributed by atoms with Crippen LogP contribution in [0.3, 0.4) is 0 Å². The van der Waals surface area contributed by atoms with Gasteiger partial charge in [0, 0.05) is 0 Å². The number of ether oxygens (including phenoxy) is 2. The van der Waals surface area contributed by atoms with Crippen LogP contribution in [0.5, 0.6) is 5.75 Å². The summed E-state index contributed by atoms with van der Waals surface area (Å²) in [5.41, 5.74) is 0.487. The number of hydrogen-bond donors (Lipinski definition) is 1. The van der Waals surface area contributed by atoms with E-state index in [0.29, 0.717) is 11.3 Å². The number of aliphatic hydroxyl groups is 1. The second-order valence-electron chi connectivity index (χ2n) is 4.69. The Hall–Kier alpha value is -1.07. The predicted octanol–water partition coefficient (Wildman–Crippen LogP) is 2.92. The molecule has 1 N–H and O–H groups in total. The zero-order chi connectivity index (χ0) is 13.8. The standard InChI is InChI=1S/C14H17BrO4/c1-18-14(17)9-2-7-13(12(15)8-9)19-11-5-3-10(16)4-6-11/h2,7-8,10-11,16H,3-6H2,1H3. The van der Waals surface area contributed by atoms with Crippen molar-refractivity contribution in [2.24, 2.45) is 0 Å². The quantitative estimate of drug-likeness (QED) is 0.867. The zero-order valence-corrected chi connectivity index (χ0v) is 12.4. The lowest BCUT2D eigenvalue weighted by atomic mass is 9.95. The highest BCUT2D eigenvalue weighted by Gasteiger charge is 2.21. The van der Waals surface area contributed by atoms with E-state index in [2.05, 4.69) is 20.7 Å². The molecule has 19 heavy (non-hydrogen) atoms. The molecule has 0 heterocycles. The molecule has 1 aromatic carbocycles. The summed E-state index contributed by atoms with van der Waals surface area (Å²) in [5.74, 6) is 0.349. The third-order valence-corrected chi connectivity index (χ3v) is 3.91. The minimum atomic E-state index is -0.368. The van der Waals surface area contributed by atoms with Gasteiger partial charge in [0.05, 0.1) is 29.4 Å². The maximum Gasteiger partial charge on any atom is 0.337 e. The number of esters is 1. The molecule has 2 rings (SSSR count). The molecule has 1 saturated carbocycles. The Kier molecular flexibility index (Phi) is 4.82. The topological polar surface area (TPSA) is 55.8 Å². The molecule has 0 saturated heterocycles. The monoisotopic (exact) mass is 328 g/mol. The highest BCUT2D eigenvalue weighted by molar-refractivity contribution is 9.10.